The average Bonchev–Trinajstić information content (AvgIpc) is 2.84. The second-order valence-electron chi connectivity index (χ2n) is 4.82. The smallest absolute Gasteiger partial charge is 0.0568 e. The summed E-state index contributed by atoms with van der Waals surface area (Å²) in [7, 11) is 4.09. The highest BCUT2D eigenvalue weighted by molar-refractivity contribution is 5.65. The molecule has 0 bridgehead atoms. The highest BCUT2D eigenvalue weighted by atomic mass is 15.2. The van der Waals surface area contributed by atoms with Crippen LogP contribution in [0.1, 0.15) is 20.3 Å². The monoisotopic (exact) mass is 243 g/mol. The quantitative estimate of drug-likeness (QED) is 0.821. The van der Waals surface area contributed by atoms with Crippen LogP contribution in [0.5, 0.6) is 0 Å². The van der Waals surface area contributed by atoms with Crippen molar-refractivity contribution in [3.63, 3.8) is 0 Å². The molecule has 0 fully saturated rings. The lowest BCUT2D eigenvalue weighted by Crippen LogP contribution is -2.27. The van der Waals surface area contributed by atoms with Gasteiger partial charge < -0.3 is 4.90 Å². The molecule has 0 spiro atoms. The van der Waals surface area contributed by atoms with E-state index < -0.39 is 0 Å². The maximum Gasteiger partial charge on any atom is 0.0568 e. The van der Waals surface area contributed by atoms with E-state index in [1.807, 2.05) is 24.1 Å². The van der Waals surface area contributed by atoms with Crippen LogP contribution >= 0.6 is 0 Å². The van der Waals surface area contributed by atoms with Gasteiger partial charge in [-0.15, -0.1) is 0 Å². The number of aromatic nitrogens is 2. The zero-order valence-corrected chi connectivity index (χ0v) is 11.6. The molecule has 96 valence electrons. The van der Waals surface area contributed by atoms with Crippen LogP contribution in [-0.4, -0.2) is 22.9 Å². The van der Waals surface area contributed by atoms with Gasteiger partial charge in [-0.3, -0.25) is 4.68 Å². The topological polar surface area (TPSA) is 21.1 Å². The van der Waals surface area contributed by atoms with Crippen molar-refractivity contribution in [1.82, 2.24) is 9.78 Å². The van der Waals surface area contributed by atoms with Gasteiger partial charge in [0, 0.05) is 37.6 Å². The summed E-state index contributed by atoms with van der Waals surface area (Å²) < 4.78 is 1.83. The maximum absolute atomic E-state index is 4.20. The van der Waals surface area contributed by atoms with Crippen molar-refractivity contribution in [2.75, 3.05) is 11.9 Å². The number of aryl methyl sites for hydroxylation is 1. The minimum Gasteiger partial charge on any atom is -0.372 e. The normalized spacial score (nSPS) is 12.4. The van der Waals surface area contributed by atoms with Crippen molar-refractivity contribution in [1.29, 1.82) is 0 Å². The van der Waals surface area contributed by atoms with Crippen molar-refractivity contribution in [3.05, 3.63) is 36.7 Å². The lowest BCUT2D eigenvalue weighted by Gasteiger charge is -2.26. The molecule has 1 unspecified atom stereocenters. The first-order valence-electron chi connectivity index (χ1n) is 6.43. The van der Waals surface area contributed by atoms with Crippen LogP contribution in [0.15, 0.2) is 36.7 Å². The lowest BCUT2D eigenvalue weighted by molar-refractivity contribution is 0.664. The Labute approximate surface area is 109 Å². The molecule has 0 saturated heterocycles. The Morgan fingerprint density at radius 3 is 2.39 bits per heavy atom. The molecule has 0 saturated carbocycles. The van der Waals surface area contributed by atoms with E-state index >= 15 is 0 Å². The minimum atomic E-state index is 0.564. The van der Waals surface area contributed by atoms with E-state index in [0.29, 0.717) is 6.04 Å². The number of rotatable bonds is 4. The van der Waals surface area contributed by atoms with Crippen LogP contribution in [0.3, 0.4) is 0 Å². The first-order chi connectivity index (χ1) is 8.61. The summed E-state index contributed by atoms with van der Waals surface area (Å²) in [6.07, 6.45) is 5.08. The van der Waals surface area contributed by atoms with Gasteiger partial charge in [-0.1, -0.05) is 19.1 Å². The summed E-state index contributed by atoms with van der Waals surface area (Å²) in [6, 6.07) is 9.23. The predicted molar refractivity (Wildman–Crippen MR) is 76.8 cm³/mol. The highest BCUT2D eigenvalue weighted by Crippen LogP contribution is 2.23. The van der Waals surface area contributed by atoms with Gasteiger partial charge in [0.05, 0.1) is 6.20 Å². The Hall–Kier alpha value is -1.77. The molecule has 0 amide bonds. The lowest BCUT2D eigenvalue weighted by atomic mass is 10.1. The molecule has 1 atom stereocenters. The molecule has 2 aromatic rings. The first-order valence-corrected chi connectivity index (χ1v) is 6.43. The minimum absolute atomic E-state index is 0.564. The van der Waals surface area contributed by atoms with Gasteiger partial charge in [0.1, 0.15) is 0 Å². The number of nitrogens with zero attached hydrogens (tertiary/aromatic N) is 3. The van der Waals surface area contributed by atoms with Gasteiger partial charge in [0.2, 0.25) is 0 Å². The van der Waals surface area contributed by atoms with Crippen LogP contribution in [0.25, 0.3) is 11.1 Å². The molecule has 2 rings (SSSR count). The first kappa shape index (κ1) is 12.7. The molecular weight excluding hydrogens is 222 g/mol. The van der Waals surface area contributed by atoms with Crippen molar-refractivity contribution in [3.8, 4) is 11.1 Å². The second kappa shape index (κ2) is 5.25. The summed E-state index contributed by atoms with van der Waals surface area (Å²) in [5.74, 6) is 0. The molecule has 0 aliphatic heterocycles. The zero-order chi connectivity index (χ0) is 13.1. The van der Waals surface area contributed by atoms with E-state index in [1.54, 1.807) is 0 Å². The third kappa shape index (κ3) is 2.55. The molecule has 0 aliphatic rings. The van der Waals surface area contributed by atoms with Crippen LogP contribution in [-0.2, 0) is 7.05 Å². The fraction of sp³-hybridized carbons (Fsp3) is 0.400. The Morgan fingerprint density at radius 2 is 1.89 bits per heavy atom. The molecule has 0 radical (unpaired) electrons. The SMILES string of the molecule is CCC(C)N(C)c1ccc(-c2cnn(C)c2)cc1. The Balaban J connectivity index is 2.20. The van der Waals surface area contributed by atoms with Gasteiger partial charge in [-0.2, -0.15) is 5.10 Å². The van der Waals surface area contributed by atoms with E-state index in [2.05, 4.69) is 55.2 Å². The van der Waals surface area contributed by atoms with Gasteiger partial charge in [0.25, 0.3) is 0 Å². The average molecular weight is 243 g/mol. The molecule has 0 N–H and O–H groups in total. The molecule has 1 aromatic carbocycles. The number of benzene rings is 1. The molecule has 3 nitrogen and oxygen atoms in total. The van der Waals surface area contributed by atoms with Crippen molar-refractivity contribution < 1.29 is 0 Å². The zero-order valence-electron chi connectivity index (χ0n) is 11.6. The highest BCUT2D eigenvalue weighted by Gasteiger charge is 2.08. The van der Waals surface area contributed by atoms with Gasteiger partial charge in [0.15, 0.2) is 0 Å². The Kier molecular flexibility index (Phi) is 3.70. The van der Waals surface area contributed by atoms with Gasteiger partial charge in [-0.05, 0) is 31.0 Å². The molecule has 1 aromatic heterocycles. The van der Waals surface area contributed by atoms with E-state index in [0.717, 1.165) is 12.0 Å². The standard InChI is InChI=1S/C15H21N3/c1-5-12(2)18(4)15-8-6-13(7-9-15)14-10-16-17(3)11-14/h6-12H,5H2,1-4H3. The summed E-state index contributed by atoms with van der Waals surface area (Å²) >= 11 is 0. The van der Waals surface area contributed by atoms with E-state index in [9.17, 15) is 0 Å². The molecular formula is C15H21N3. The molecule has 1 heterocycles. The third-order valence-corrected chi connectivity index (χ3v) is 3.56. The van der Waals surface area contributed by atoms with Crippen molar-refractivity contribution in [2.45, 2.75) is 26.3 Å². The Bertz CT molecular complexity index is 499. The molecule has 18 heavy (non-hydrogen) atoms. The molecule has 0 aliphatic carbocycles. The molecule has 3 heteroatoms. The number of anilines is 1. The maximum atomic E-state index is 4.20. The third-order valence-electron chi connectivity index (χ3n) is 3.56. The predicted octanol–water partition coefficient (Wildman–Crippen LogP) is 3.32. The van der Waals surface area contributed by atoms with Crippen LogP contribution in [0.2, 0.25) is 0 Å². The fourth-order valence-corrected chi connectivity index (χ4v) is 1.99. The van der Waals surface area contributed by atoms with Crippen molar-refractivity contribution >= 4 is 5.69 Å². The van der Waals surface area contributed by atoms with Crippen LogP contribution < -0.4 is 4.90 Å². The largest absolute Gasteiger partial charge is 0.372 e. The van der Waals surface area contributed by atoms with E-state index in [1.165, 1.54) is 11.3 Å². The summed E-state index contributed by atoms with van der Waals surface area (Å²) in [6.45, 7) is 4.46. The van der Waals surface area contributed by atoms with Crippen LogP contribution in [0, 0.1) is 0 Å². The summed E-state index contributed by atoms with van der Waals surface area (Å²) in [5, 5.41) is 4.20. The van der Waals surface area contributed by atoms with Gasteiger partial charge >= 0.3 is 0 Å². The van der Waals surface area contributed by atoms with E-state index in [4.69, 9.17) is 0 Å². The fourth-order valence-electron chi connectivity index (χ4n) is 1.99. The summed E-state index contributed by atoms with van der Waals surface area (Å²) in [4.78, 5) is 2.31. The Morgan fingerprint density at radius 1 is 1.22 bits per heavy atom. The second-order valence-corrected chi connectivity index (χ2v) is 4.82. The summed E-state index contributed by atoms with van der Waals surface area (Å²) in [5.41, 5.74) is 3.64. The number of hydrogen-bond acceptors (Lipinski definition) is 2. The van der Waals surface area contributed by atoms with E-state index in [-0.39, 0.29) is 0 Å². The van der Waals surface area contributed by atoms with Crippen molar-refractivity contribution in [2.24, 2.45) is 7.05 Å². The van der Waals surface area contributed by atoms with Crippen LogP contribution in [0.4, 0.5) is 5.69 Å². The van der Waals surface area contributed by atoms with Gasteiger partial charge in [-0.25, -0.2) is 0 Å². The number of hydrogen-bond donors (Lipinski definition) is 0.